The summed E-state index contributed by atoms with van der Waals surface area (Å²) in [6, 6.07) is 2.12. The second-order valence-corrected chi connectivity index (χ2v) is 7.78. The van der Waals surface area contributed by atoms with E-state index < -0.39 is 30.0 Å². The van der Waals surface area contributed by atoms with Crippen molar-refractivity contribution >= 4 is 24.5 Å². The fourth-order valence-electron chi connectivity index (χ4n) is 2.45. The van der Waals surface area contributed by atoms with E-state index >= 15 is 0 Å². The molecule has 3 rings (SSSR count). The van der Waals surface area contributed by atoms with Crippen molar-refractivity contribution in [1.82, 2.24) is 0 Å². The molecule has 0 N–H and O–H groups in total. The van der Waals surface area contributed by atoms with Gasteiger partial charge in [0.1, 0.15) is 5.75 Å². The van der Waals surface area contributed by atoms with Gasteiger partial charge >= 0.3 is 18.9 Å². The molecule has 0 saturated heterocycles. The van der Waals surface area contributed by atoms with Crippen molar-refractivity contribution in [2.75, 3.05) is 20.5 Å². The number of fused-ring (bicyclic) bond motifs is 2. The Morgan fingerprint density at radius 3 is 2.52 bits per heavy atom. The molecule has 0 saturated carbocycles. The quantitative estimate of drug-likeness (QED) is 0.567. The van der Waals surface area contributed by atoms with E-state index in [2.05, 4.69) is 4.74 Å². The summed E-state index contributed by atoms with van der Waals surface area (Å²) in [4.78, 5) is 12.2. The first-order valence-corrected chi connectivity index (χ1v) is 9.46. The van der Waals surface area contributed by atoms with Crippen LogP contribution in [0.15, 0.2) is 12.1 Å². The average Bonchev–Trinajstić information content (AvgIpc) is 2.97. The predicted molar refractivity (Wildman–Crippen MR) is 79.9 cm³/mol. The minimum atomic E-state index is -5.20. The van der Waals surface area contributed by atoms with Crippen molar-refractivity contribution in [1.29, 1.82) is 0 Å². The Morgan fingerprint density at radius 2 is 1.96 bits per heavy atom. The first-order valence-electron chi connectivity index (χ1n) is 6.91. The molecule has 0 radical (unpaired) electrons. The maximum Gasteiger partial charge on any atom is 0.433 e. The van der Waals surface area contributed by atoms with E-state index in [9.17, 15) is 18.0 Å². The molecular weight excluding hydrogens is 388 g/mol. The molecule has 138 valence electrons. The van der Waals surface area contributed by atoms with Gasteiger partial charge < -0.3 is 18.7 Å². The number of rotatable bonds is 3. The summed E-state index contributed by atoms with van der Waals surface area (Å²) in [6.45, 7) is -2.70. The Hall–Kier alpha value is -1.55. The Bertz CT molecular complexity index is 769. The number of carbonyl (C=O) groups is 1. The van der Waals surface area contributed by atoms with E-state index in [1.54, 1.807) is 0 Å². The van der Waals surface area contributed by atoms with E-state index in [1.807, 2.05) is 0 Å². The molecule has 12 heteroatoms. The van der Waals surface area contributed by atoms with Crippen molar-refractivity contribution in [2.24, 2.45) is 0 Å². The predicted octanol–water partition coefficient (Wildman–Crippen LogP) is 3.02. The van der Waals surface area contributed by atoms with Crippen LogP contribution in [0.3, 0.4) is 0 Å². The second-order valence-electron chi connectivity index (χ2n) is 4.92. The fourth-order valence-corrected chi connectivity index (χ4v) is 4.81. The molecule has 1 aromatic rings. The lowest BCUT2D eigenvalue weighted by Crippen LogP contribution is -2.53. The zero-order valence-corrected chi connectivity index (χ0v) is 14.6. The molecule has 0 unspecified atom stereocenters. The van der Waals surface area contributed by atoms with Crippen molar-refractivity contribution in [3.8, 4) is 17.2 Å². The van der Waals surface area contributed by atoms with Gasteiger partial charge in [-0.2, -0.15) is 13.2 Å². The molecule has 0 aliphatic carbocycles. The number of hydrogen-bond acceptors (Lipinski definition) is 8. The van der Waals surface area contributed by atoms with Crippen molar-refractivity contribution in [2.45, 2.75) is 18.7 Å². The first kappa shape index (κ1) is 18.2. The largest absolute Gasteiger partial charge is 0.466 e. The number of esters is 1. The molecule has 0 spiro atoms. The van der Waals surface area contributed by atoms with Crippen molar-refractivity contribution in [3.05, 3.63) is 17.7 Å². The van der Waals surface area contributed by atoms with Crippen molar-refractivity contribution in [3.63, 3.8) is 0 Å². The van der Waals surface area contributed by atoms with Gasteiger partial charge in [0, 0.05) is 17.9 Å². The van der Waals surface area contributed by atoms with Crippen LogP contribution in [-0.2, 0) is 36.0 Å². The van der Waals surface area contributed by atoms with Gasteiger partial charge in [-0.15, -0.1) is 0 Å². The van der Waals surface area contributed by atoms with E-state index in [0.29, 0.717) is 0 Å². The van der Waals surface area contributed by atoms with Crippen LogP contribution in [0.5, 0.6) is 17.2 Å². The number of alkyl halides is 3. The van der Waals surface area contributed by atoms with Gasteiger partial charge in [-0.05, 0) is 13.0 Å². The van der Waals surface area contributed by atoms with Crippen LogP contribution in [0, 0.1) is 0 Å². The van der Waals surface area contributed by atoms with E-state index in [4.69, 9.17) is 34.9 Å². The number of benzene rings is 1. The zero-order chi connectivity index (χ0) is 18.5. The van der Waals surface area contributed by atoms with Gasteiger partial charge in [0.05, 0.1) is 19.3 Å². The minimum absolute atomic E-state index is 0.00934. The Kier molecular flexibility index (Phi) is 4.39. The van der Waals surface area contributed by atoms with Crippen LogP contribution in [0.1, 0.15) is 12.5 Å². The molecule has 2 heterocycles. The Balaban J connectivity index is 2.30. The highest BCUT2D eigenvalue weighted by atomic mass is 32.5. The number of halogens is 3. The lowest BCUT2D eigenvalue weighted by Gasteiger charge is -2.41. The molecule has 1 aromatic carbocycles. The van der Waals surface area contributed by atoms with Crippen LogP contribution in [0.25, 0.3) is 0 Å². The number of methoxy groups -OCH3 is 1. The normalized spacial score (nSPS) is 27.4. The molecule has 7 nitrogen and oxygen atoms in total. The average molecular weight is 400 g/mol. The third-order valence-electron chi connectivity index (χ3n) is 3.47. The number of ether oxygens (including phenoxy) is 3. The highest BCUT2D eigenvalue weighted by Crippen LogP contribution is 2.65. The minimum Gasteiger partial charge on any atom is -0.466 e. The summed E-state index contributed by atoms with van der Waals surface area (Å²) >= 11 is 5.01. The monoisotopic (exact) mass is 400 g/mol. The topological polar surface area (TPSA) is 72.5 Å². The summed E-state index contributed by atoms with van der Waals surface area (Å²) in [5.41, 5.74) is -4.14. The molecule has 0 fully saturated rings. The van der Waals surface area contributed by atoms with E-state index in [1.165, 1.54) is 6.92 Å². The third-order valence-corrected chi connectivity index (χ3v) is 5.73. The molecule has 25 heavy (non-hydrogen) atoms. The highest BCUT2D eigenvalue weighted by molar-refractivity contribution is 8.07. The molecule has 0 bridgehead atoms. The maximum absolute atomic E-state index is 14.0. The summed E-state index contributed by atoms with van der Waals surface area (Å²) in [7, 11) is 0.811. The number of hydrogen-bond donors (Lipinski definition) is 0. The molecule has 0 aromatic heterocycles. The zero-order valence-electron chi connectivity index (χ0n) is 12.9. The fraction of sp³-hybridized carbons (Fsp3) is 0.462. The molecule has 2 aliphatic heterocycles. The van der Waals surface area contributed by atoms with Crippen LogP contribution in [-0.4, -0.2) is 32.7 Å². The van der Waals surface area contributed by atoms with Crippen LogP contribution in [0.2, 0.25) is 0 Å². The van der Waals surface area contributed by atoms with Gasteiger partial charge in [0.15, 0.2) is 11.5 Å². The highest BCUT2D eigenvalue weighted by Gasteiger charge is 2.70. The standard InChI is InChI=1S/C13H12F3O7PS/c1-3-21-24(25)22-8-5-10-9(19-6-20-10)4-7(8)12(23-24,11(17)18-2)13(14,15)16/h4-5H,3,6H2,1-2H3/t12-,24-/m1/s1. The second kappa shape index (κ2) is 6.01. The summed E-state index contributed by atoms with van der Waals surface area (Å²) in [5.74, 6) is -1.87. The molecule has 0 amide bonds. The van der Waals surface area contributed by atoms with Crippen LogP contribution < -0.4 is 14.0 Å². The lowest BCUT2D eigenvalue weighted by molar-refractivity contribution is -0.261. The van der Waals surface area contributed by atoms with Gasteiger partial charge in [-0.1, -0.05) is 0 Å². The summed E-state index contributed by atoms with van der Waals surface area (Å²) in [5, 5.41) is 0. The Labute approximate surface area is 145 Å². The van der Waals surface area contributed by atoms with E-state index in [0.717, 1.165) is 19.2 Å². The number of carbonyl (C=O) groups excluding carboxylic acids is 1. The maximum atomic E-state index is 14.0. The van der Waals surface area contributed by atoms with Gasteiger partial charge in [-0.3, -0.25) is 9.05 Å². The van der Waals surface area contributed by atoms with E-state index in [-0.39, 0.29) is 30.6 Å². The smallest absolute Gasteiger partial charge is 0.433 e. The van der Waals surface area contributed by atoms with Gasteiger partial charge in [0.25, 0.3) is 5.60 Å². The van der Waals surface area contributed by atoms with Crippen molar-refractivity contribution < 1.29 is 45.7 Å². The van der Waals surface area contributed by atoms with Crippen LogP contribution in [0.4, 0.5) is 13.2 Å². The SMILES string of the molecule is CCO[P@@]1(=S)Oc2cc3c(cc2[C@@](C(=O)OC)(C(F)(F)F)O1)OCO3. The lowest BCUT2D eigenvalue weighted by atomic mass is 9.91. The van der Waals surface area contributed by atoms with Gasteiger partial charge in [-0.25, -0.2) is 4.79 Å². The summed E-state index contributed by atoms with van der Waals surface area (Å²) < 4.78 is 72.1. The van der Waals surface area contributed by atoms with Gasteiger partial charge in [0.2, 0.25) is 6.79 Å². The third kappa shape index (κ3) is 2.75. The summed E-state index contributed by atoms with van der Waals surface area (Å²) in [6.07, 6.45) is -5.20. The van der Waals surface area contributed by atoms with Crippen LogP contribution >= 0.6 is 6.72 Å². The molecular formula is C13H12F3O7PS. The Morgan fingerprint density at radius 1 is 1.32 bits per heavy atom. The molecule has 2 aliphatic rings. The molecule has 2 atom stereocenters. The first-order chi connectivity index (χ1) is 11.7.